The van der Waals surface area contributed by atoms with Crippen LogP contribution in [0.4, 0.5) is 0 Å². The summed E-state index contributed by atoms with van der Waals surface area (Å²) < 4.78 is 0. The first-order valence-electron chi connectivity index (χ1n) is 7.16. The van der Waals surface area contributed by atoms with Crippen molar-refractivity contribution < 1.29 is 14.7 Å². The molecule has 1 atom stereocenters. The third kappa shape index (κ3) is 6.21. The molecular weight excluding hydrogens is 286 g/mol. The van der Waals surface area contributed by atoms with E-state index >= 15 is 0 Å². The van der Waals surface area contributed by atoms with Crippen molar-refractivity contribution in [3.05, 3.63) is 29.3 Å². The lowest BCUT2D eigenvalue weighted by atomic mass is 10.1. The van der Waals surface area contributed by atoms with Crippen LogP contribution in [0.1, 0.15) is 37.3 Å². The largest absolute Gasteiger partial charge is 0.480 e. The molecule has 1 unspecified atom stereocenters. The molecule has 0 heterocycles. The third-order valence-corrected chi connectivity index (χ3v) is 4.34. The average Bonchev–Trinajstić information content (AvgIpc) is 2.44. The Bertz CT molecular complexity index is 502. The first kappa shape index (κ1) is 17.6. The fourth-order valence-electron chi connectivity index (χ4n) is 1.91. The van der Waals surface area contributed by atoms with E-state index < -0.39 is 12.0 Å². The molecule has 5 heteroatoms. The number of carbonyl (C=O) groups is 2. The number of hydrogen-bond acceptors (Lipinski definition) is 3. The molecule has 1 amide bonds. The number of benzene rings is 1. The van der Waals surface area contributed by atoms with E-state index in [1.807, 2.05) is 39.0 Å². The molecular formula is C16H23NO3S. The molecule has 0 fully saturated rings. The predicted molar refractivity (Wildman–Crippen MR) is 85.7 cm³/mol. The van der Waals surface area contributed by atoms with Crippen molar-refractivity contribution >= 4 is 23.6 Å². The highest BCUT2D eigenvalue weighted by Crippen LogP contribution is 2.23. The number of carboxylic acid groups (broad SMARTS) is 1. The standard InChI is InChI=1S/C16H23NO3S/c1-4-5-6-13(16(19)20)17-15(18)10-21-14-9-11(2)7-8-12(14)3/h7-9,13H,4-6,10H2,1-3H3,(H,17,18)(H,19,20). The number of rotatable bonds is 8. The van der Waals surface area contributed by atoms with Crippen LogP contribution in [-0.4, -0.2) is 28.8 Å². The zero-order valence-corrected chi connectivity index (χ0v) is 13.6. The van der Waals surface area contributed by atoms with Crippen LogP contribution in [0, 0.1) is 13.8 Å². The van der Waals surface area contributed by atoms with Crippen LogP contribution in [0.15, 0.2) is 23.1 Å². The Hall–Kier alpha value is -1.49. The minimum atomic E-state index is -0.964. The molecule has 0 aliphatic rings. The molecule has 0 bridgehead atoms. The van der Waals surface area contributed by atoms with Crippen molar-refractivity contribution in [3.8, 4) is 0 Å². The number of nitrogens with one attached hydrogen (secondary N) is 1. The average molecular weight is 309 g/mol. The number of thioether (sulfide) groups is 1. The summed E-state index contributed by atoms with van der Waals surface area (Å²) in [5, 5.41) is 11.7. The van der Waals surface area contributed by atoms with Crippen LogP contribution in [0.2, 0.25) is 0 Å². The number of unbranched alkanes of at least 4 members (excludes halogenated alkanes) is 1. The van der Waals surface area contributed by atoms with Crippen molar-refractivity contribution in [2.24, 2.45) is 0 Å². The van der Waals surface area contributed by atoms with Crippen LogP contribution >= 0.6 is 11.8 Å². The molecule has 21 heavy (non-hydrogen) atoms. The number of aryl methyl sites for hydroxylation is 2. The second-order valence-electron chi connectivity index (χ2n) is 5.16. The van der Waals surface area contributed by atoms with Crippen LogP contribution in [-0.2, 0) is 9.59 Å². The molecule has 0 spiro atoms. The van der Waals surface area contributed by atoms with Gasteiger partial charge in [-0.05, 0) is 31.9 Å². The highest BCUT2D eigenvalue weighted by atomic mass is 32.2. The van der Waals surface area contributed by atoms with Gasteiger partial charge < -0.3 is 10.4 Å². The number of carboxylic acids is 1. The second-order valence-corrected chi connectivity index (χ2v) is 6.18. The van der Waals surface area contributed by atoms with Crippen LogP contribution in [0.5, 0.6) is 0 Å². The maximum atomic E-state index is 11.9. The van der Waals surface area contributed by atoms with Crippen molar-refractivity contribution in [2.45, 2.75) is 51.0 Å². The first-order chi connectivity index (χ1) is 9.93. The smallest absolute Gasteiger partial charge is 0.326 e. The van der Waals surface area contributed by atoms with Gasteiger partial charge in [-0.25, -0.2) is 4.79 Å². The molecule has 0 radical (unpaired) electrons. The molecule has 0 aliphatic heterocycles. The number of carbonyl (C=O) groups excluding carboxylic acids is 1. The van der Waals surface area contributed by atoms with E-state index in [1.54, 1.807) is 0 Å². The van der Waals surface area contributed by atoms with Gasteiger partial charge in [0.2, 0.25) is 5.91 Å². The van der Waals surface area contributed by atoms with Gasteiger partial charge in [-0.2, -0.15) is 0 Å². The Morgan fingerprint density at radius 1 is 1.33 bits per heavy atom. The fraction of sp³-hybridized carbons (Fsp3) is 0.500. The molecule has 0 aromatic heterocycles. The maximum absolute atomic E-state index is 11.9. The second kappa shape index (κ2) is 8.72. The van der Waals surface area contributed by atoms with Crippen molar-refractivity contribution in [1.82, 2.24) is 5.32 Å². The molecule has 0 aliphatic carbocycles. The van der Waals surface area contributed by atoms with E-state index in [-0.39, 0.29) is 11.7 Å². The molecule has 0 saturated carbocycles. The fourth-order valence-corrected chi connectivity index (χ4v) is 2.84. The number of hydrogen-bond donors (Lipinski definition) is 2. The monoisotopic (exact) mass is 309 g/mol. The molecule has 1 rings (SSSR count). The lowest BCUT2D eigenvalue weighted by Gasteiger charge is -2.14. The van der Waals surface area contributed by atoms with E-state index in [0.717, 1.165) is 28.9 Å². The van der Waals surface area contributed by atoms with Crippen molar-refractivity contribution in [2.75, 3.05) is 5.75 Å². The Balaban J connectivity index is 2.52. The number of amides is 1. The lowest BCUT2D eigenvalue weighted by molar-refractivity contribution is -0.141. The van der Waals surface area contributed by atoms with E-state index in [4.69, 9.17) is 5.11 Å². The summed E-state index contributed by atoms with van der Waals surface area (Å²) in [4.78, 5) is 24.0. The topological polar surface area (TPSA) is 66.4 Å². The van der Waals surface area contributed by atoms with Crippen LogP contribution < -0.4 is 5.32 Å². The molecule has 2 N–H and O–H groups in total. The lowest BCUT2D eigenvalue weighted by Crippen LogP contribution is -2.41. The zero-order valence-electron chi connectivity index (χ0n) is 12.8. The first-order valence-corrected chi connectivity index (χ1v) is 8.14. The van der Waals surface area contributed by atoms with E-state index in [2.05, 4.69) is 5.32 Å². The van der Waals surface area contributed by atoms with Crippen molar-refractivity contribution in [3.63, 3.8) is 0 Å². The summed E-state index contributed by atoms with van der Waals surface area (Å²) in [6.45, 7) is 6.01. The van der Waals surface area contributed by atoms with Gasteiger partial charge in [0, 0.05) is 4.90 Å². The Morgan fingerprint density at radius 3 is 2.67 bits per heavy atom. The minimum absolute atomic E-state index is 0.232. The molecule has 1 aromatic rings. The summed E-state index contributed by atoms with van der Waals surface area (Å²) in [5.41, 5.74) is 2.27. The van der Waals surface area contributed by atoms with E-state index in [0.29, 0.717) is 6.42 Å². The van der Waals surface area contributed by atoms with Crippen LogP contribution in [0.3, 0.4) is 0 Å². The van der Waals surface area contributed by atoms with Gasteiger partial charge in [0.05, 0.1) is 5.75 Å². The van der Waals surface area contributed by atoms with Gasteiger partial charge in [-0.1, -0.05) is 37.5 Å². The summed E-state index contributed by atoms with van der Waals surface area (Å²) in [5.74, 6) is -0.960. The molecule has 4 nitrogen and oxygen atoms in total. The zero-order chi connectivity index (χ0) is 15.8. The van der Waals surface area contributed by atoms with Gasteiger partial charge in [0.1, 0.15) is 6.04 Å². The van der Waals surface area contributed by atoms with Crippen LogP contribution in [0.25, 0.3) is 0 Å². The van der Waals surface area contributed by atoms with Gasteiger partial charge in [-0.3, -0.25) is 4.79 Å². The third-order valence-electron chi connectivity index (χ3n) is 3.18. The van der Waals surface area contributed by atoms with E-state index in [1.165, 1.54) is 11.8 Å². The maximum Gasteiger partial charge on any atom is 0.326 e. The van der Waals surface area contributed by atoms with Crippen molar-refractivity contribution in [1.29, 1.82) is 0 Å². The summed E-state index contributed by atoms with van der Waals surface area (Å²) in [6.07, 6.45) is 2.18. The number of aliphatic carboxylic acids is 1. The van der Waals surface area contributed by atoms with Gasteiger partial charge in [-0.15, -0.1) is 11.8 Å². The Kier molecular flexibility index (Phi) is 7.29. The summed E-state index contributed by atoms with van der Waals surface area (Å²) in [6, 6.07) is 5.32. The quantitative estimate of drug-likeness (QED) is 0.724. The van der Waals surface area contributed by atoms with Gasteiger partial charge in [0.25, 0.3) is 0 Å². The molecule has 1 aromatic carbocycles. The SMILES string of the molecule is CCCCC(NC(=O)CSc1cc(C)ccc1C)C(=O)O. The van der Waals surface area contributed by atoms with Gasteiger partial charge >= 0.3 is 5.97 Å². The normalized spacial score (nSPS) is 12.0. The molecule has 116 valence electrons. The minimum Gasteiger partial charge on any atom is -0.480 e. The predicted octanol–water partition coefficient (Wildman–Crippen LogP) is 3.16. The molecule has 0 saturated heterocycles. The summed E-state index contributed by atoms with van der Waals surface area (Å²) >= 11 is 1.44. The van der Waals surface area contributed by atoms with E-state index in [9.17, 15) is 9.59 Å². The Morgan fingerprint density at radius 2 is 2.05 bits per heavy atom. The summed E-state index contributed by atoms with van der Waals surface area (Å²) in [7, 11) is 0. The Labute approximate surface area is 130 Å². The highest BCUT2D eigenvalue weighted by molar-refractivity contribution is 8.00. The highest BCUT2D eigenvalue weighted by Gasteiger charge is 2.19. The van der Waals surface area contributed by atoms with Gasteiger partial charge in [0.15, 0.2) is 0 Å².